The third kappa shape index (κ3) is 4.17. The molecule has 24 heavy (non-hydrogen) atoms. The van der Waals surface area contributed by atoms with Gasteiger partial charge in [0.05, 0.1) is 24.8 Å². The molecule has 7 heteroatoms. The average Bonchev–Trinajstić information content (AvgIpc) is 3.00. The van der Waals surface area contributed by atoms with Gasteiger partial charge in [-0.2, -0.15) is 0 Å². The molecule has 0 aliphatic heterocycles. The van der Waals surface area contributed by atoms with E-state index in [9.17, 15) is 13.2 Å². The number of carbonyl (C=O) groups excluding carboxylic acids is 1. The fourth-order valence-corrected chi connectivity index (χ4v) is 3.57. The second-order valence-corrected chi connectivity index (χ2v) is 7.66. The predicted octanol–water partition coefficient (Wildman–Crippen LogP) is 2.37. The zero-order chi connectivity index (χ0) is 17.9. The van der Waals surface area contributed by atoms with Gasteiger partial charge in [0.1, 0.15) is 11.8 Å². The molecule has 6 nitrogen and oxygen atoms in total. The molecule has 0 saturated heterocycles. The van der Waals surface area contributed by atoms with Gasteiger partial charge in [0.15, 0.2) is 0 Å². The number of sulfonamides is 1. The first kappa shape index (κ1) is 18.1. The van der Waals surface area contributed by atoms with Gasteiger partial charge in [0, 0.05) is 0 Å². The Morgan fingerprint density at radius 3 is 2.50 bits per heavy atom. The summed E-state index contributed by atoms with van der Waals surface area (Å²) in [6, 6.07) is 7.91. The second-order valence-electron chi connectivity index (χ2n) is 5.80. The molecule has 0 aliphatic rings. The number of nitrogens with one attached hydrogen (secondary N) is 1. The van der Waals surface area contributed by atoms with Gasteiger partial charge in [-0.1, -0.05) is 6.07 Å². The number of hydrogen-bond acceptors (Lipinski definition) is 4. The molecule has 1 unspecified atom stereocenters. The van der Waals surface area contributed by atoms with Gasteiger partial charge in [-0.05, 0) is 56.2 Å². The molecule has 1 atom stereocenters. The number of anilines is 1. The van der Waals surface area contributed by atoms with Gasteiger partial charge in [-0.3, -0.25) is 9.10 Å². The summed E-state index contributed by atoms with van der Waals surface area (Å²) in [6.45, 7) is 5.62. The minimum atomic E-state index is -3.61. The van der Waals surface area contributed by atoms with Crippen LogP contribution >= 0.6 is 0 Å². The van der Waals surface area contributed by atoms with Crippen LogP contribution in [0.4, 0.5) is 5.69 Å². The smallest absolute Gasteiger partial charge is 0.243 e. The van der Waals surface area contributed by atoms with Gasteiger partial charge in [0.2, 0.25) is 15.9 Å². The lowest BCUT2D eigenvalue weighted by molar-refractivity contribution is -0.122. The molecule has 1 heterocycles. The molecule has 2 aromatic rings. The van der Waals surface area contributed by atoms with E-state index < -0.39 is 22.0 Å². The zero-order valence-corrected chi connectivity index (χ0v) is 15.1. The first-order chi connectivity index (χ1) is 11.2. The number of aryl methyl sites for hydroxylation is 2. The van der Waals surface area contributed by atoms with Crippen LogP contribution in [0, 0.1) is 13.8 Å². The van der Waals surface area contributed by atoms with Crippen LogP contribution < -0.4 is 9.62 Å². The lowest BCUT2D eigenvalue weighted by Crippen LogP contribution is -2.47. The fourth-order valence-electron chi connectivity index (χ4n) is 2.41. The van der Waals surface area contributed by atoms with Crippen molar-refractivity contribution in [1.29, 1.82) is 0 Å². The highest BCUT2D eigenvalue weighted by Crippen LogP contribution is 2.23. The third-order valence-corrected chi connectivity index (χ3v) is 5.09. The van der Waals surface area contributed by atoms with Crippen molar-refractivity contribution < 1.29 is 17.6 Å². The number of rotatable bonds is 6. The van der Waals surface area contributed by atoms with E-state index in [1.165, 1.54) is 6.26 Å². The number of hydrogen-bond donors (Lipinski definition) is 1. The van der Waals surface area contributed by atoms with E-state index >= 15 is 0 Å². The first-order valence-electron chi connectivity index (χ1n) is 7.57. The van der Waals surface area contributed by atoms with Crippen LogP contribution in [0.2, 0.25) is 0 Å². The molecule has 0 bridgehead atoms. The molecule has 2 rings (SSSR count). The minimum absolute atomic E-state index is 0.209. The monoisotopic (exact) mass is 350 g/mol. The normalized spacial score (nSPS) is 12.7. The Morgan fingerprint density at radius 2 is 1.96 bits per heavy atom. The molecule has 0 aliphatic carbocycles. The number of benzene rings is 1. The Kier molecular flexibility index (Phi) is 5.33. The van der Waals surface area contributed by atoms with Crippen LogP contribution in [-0.2, 0) is 21.4 Å². The van der Waals surface area contributed by atoms with Crippen LogP contribution in [0.25, 0.3) is 0 Å². The summed E-state index contributed by atoms with van der Waals surface area (Å²) in [7, 11) is -3.61. The summed E-state index contributed by atoms with van der Waals surface area (Å²) in [4.78, 5) is 12.4. The van der Waals surface area contributed by atoms with Crippen LogP contribution in [0.1, 0.15) is 23.8 Å². The van der Waals surface area contributed by atoms with Crippen molar-refractivity contribution in [3.8, 4) is 0 Å². The Hall–Kier alpha value is -2.28. The molecule has 130 valence electrons. The highest BCUT2D eigenvalue weighted by molar-refractivity contribution is 7.92. The lowest BCUT2D eigenvalue weighted by atomic mass is 10.1. The molecular weight excluding hydrogens is 328 g/mol. The highest BCUT2D eigenvalue weighted by Gasteiger charge is 2.29. The summed E-state index contributed by atoms with van der Waals surface area (Å²) in [6.07, 6.45) is 2.61. The van der Waals surface area contributed by atoms with Gasteiger partial charge in [-0.25, -0.2) is 8.42 Å². The van der Waals surface area contributed by atoms with Crippen LogP contribution in [0.15, 0.2) is 41.0 Å². The molecule has 1 amide bonds. The summed E-state index contributed by atoms with van der Waals surface area (Å²) >= 11 is 0. The molecule has 0 radical (unpaired) electrons. The average molecular weight is 350 g/mol. The Morgan fingerprint density at radius 1 is 1.25 bits per heavy atom. The van der Waals surface area contributed by atoms with Crippen LogP contribution in [-0.4, -0.2) is 26.6 Å². The van der Waals surface area contributed by atoms with Crippen molar-refractivity contribution >= 4 is 21.6 Å². The molecule has 0 spiro atoms. The topological polar surface area (TPSA) is 79.6 Å². The molecule has 0 fully saturated rings. The van der Waals surface area contributed by atoms with Crippen molar-refractivity contribution in [2.24, 2.45) is 0 Å². The van der Waals surface area contributed by atoms with E-state index in [0.717, 1.165) is 21.7 Å². The summed E-state index contributed by atoms with van der Waals surface area (Å²) in [5.74, 6) is 0.211. The molecular formula is C17H22N2O4S. The highest BCUT2D eigenvalue weighted by atomic mass is 32.2. The zero-order valence-electron chi connectivity index (χ0n) is 14.2. The van der Waals surface area contributed by atoms with Crippen molar-refractivity contribution in [1.82, 2.24) is 5.32 Å². The van der Waals surface area contributed by atoms with E-state index in [1.807, 2.05) is 19.9 Å². The molecule has 0 saturated carbocycles. The van der Waals surface area contributed by atoms with Crippen molar-refractivity contribution in [2.45, 2.75) is 33.4 Å². The molecule has 1 aromatic carbocycles. The lowest BCUT2D eigenvalue weighted by Gasteiger charge is -2.28. The Balaban J connectivity index is 2.23. The van der Waals surface area contributed by atoms with E-state index in [4.69, 9.17) is 4.42 Å². The minimum Gasteiger partial charge on any atom is -0.467 e. The third-order valence-electron chi connectivity index (χ3n) is 3.85. The van der Waals surface area contributed by atoms with Gasteiger partial charge < -0.3 is 9.73 Å². The number of carbonyl (C=O) groups is 1. The molecule has 1 aromatic heterocycles. The maximum Gasteiger partial charge on any atom is 0.243 e. The largest absolute Gasteiger partial charge is 0.467 e. The Bertz CT molecular complexity index is 813. The van der Waals surface area contributed by atoms with Crippen molar-refractivity contribution in [2.75, 3.05) is 10.6 Å². The summed E-state index contributed by atoms with van der Waals surface area (Å²) in [5, 5.41) is 2.69. The quantitative estimate of drug-likeness (QED) is 0.867. The summed E-state index contributed by atoms with van der Waals surface area (Å²) < 4.78 is 30.8. The van der Waals surface area contributed by atoms with Gasteiger partial charge in [-0.15, -0.1) is 0 Å². The van der Waals surface area contributed by atoms with E-state index in [1.54, 1.807) is 31.2 Å². The van der Waals surface area contributed by atoms with Gasteiger partial charge in [0.25, 0.3) is 0 Å². The maximum atomic E-state index is 12.4. The van der Waals surface area contributed by atoms with Crippen molar-refractivity contribution in [3.05, 3.63) is 53.5 Å². The standard InChI is InChI=1S/C17H22N2O4S/c1-12-7-8-15(10-13(12)2)19(24(4,21)22)14(3)17(20)18-11-16-6-5-9-23-16/h5-10,14H,11H2,1-4H3,(H,18,20). The van der Waals surface area contributed by atoms with E-state index in [-0.39, 0.29) is 6.54 Å². The molecule has 1 N–H and O–H groups in total. The van der Waals surface area contributed by atoms with Crippen molar-refractivity contribution in [3.63, 3.8) is 0 Å². The fraction of sp³-hybridized carbons (Fsp3) is 0.353. The van der Waals surface area contributed by atoms with E-state index in [0.29, 0.717) is 11.4 Å². The summed E-state index contributed by atoms with van der Waals surface area (Å²) in [5.41, 5.74) is 2.49. The predicted molar refractivity (Wildman–Crippen MR) is 93.3 cm³/mol. The maximum absolute atomic E-state index is 12.4. The van der Waals surface area contributed by atoms with Crippen LogP contribution in [0.3, 0.4) is 0 Å². The Labute approximate surface area is 142 Å². The number of nitrogens with zero attached hydrogens (tertiary/aromatic N) is 1. The second kappa shape index (κ2) is 7.09. The number of furan rings is 1. The SMILES string of the molecule is Cc1ccc(N(C(C)C(=O)NCc2ccco2)S(C)(=O)=O)cc1C. The van der Waals surface area contributed by atoms with Crippen LogP contribution in [0.5, 0.6) is 0 Å². The van der Waals surface area contributed by atoms with Gasteiger partial charge >= 0.3 is 0 Å². The first-order valence-corrected chi connectivity index (χ1v) is 9.41. The number of amides is 1. The van der Waals surface area contributed by atoms with E-state index in [2.05, 4.69) is 5.32 Å².